The second-order valence-corrected chi connectivity index (χ2v) is 4.50. The third-order valence-corrected chi connectivity index (χ3v) is 3.13. The molecule has 2 aromatic rings. The average Bonchev–Trinajstić information content (AvgIpc) is 2.75. The first-order valence-electron chi connectivity index (χ1n) is 6.47. The van der Waals surface area contributed by atoms with Gasteiger partial charge in [0.05, 0.1) is 23.7 Å². The van der Waals surface area contributed by atoms with Crippen molar-refractivity contribution >= 4 is 11.0 Å². The predicted octanol–water partition coefficient (Wildman–Crippen LogP) is 2.48. The molecule has 0 spiro atoms. The summed E-state index contributed by atoms with van der Waals surface area (Å²) in [5.41, 5.74) is 8.36. The molecule has 0 amide bonds. The number of nitrogens with zero attached hydrogens (tertiary/aromatic N) is 2. The standard InChI is InChI=1S/C14H21N3O/c1-3-6-11(15)14-16-12-7-4-5-8-13(12)17(14)9-10-18-2/h4-5,7-8,11H,3,6,9-10,15H2,1-2H3. The summed E-state index contributed by atoms with van der Waals surface area (Å²) in [6.45, 7) is 3.61. The number of para-hydroxylation sites is 2. The van der Waals surface area contributed by atoms with E-state index in [1.165, 1.54) is 0 Å². The van der Waals surface area contributed by atoms with Crippen LogP contribution in [-0.2, 0) is 11.3 Å². The second-order valence-electron chi connectivity index (χ2n) is 4.50. The number of hydrogen-bond acceptors (Lipinski definition) is 3. The third kappa shape index (κ3) is 2.54. The Morgan fingerprint density at radius 3 is 2.89 bits per heavy atom. The molecular weight excluding hydrogens is 226 g/mol. The van der Waals surface area contributed by atoms with Gasteiger partial charge in [-0.05, 0) is 18.6 Å². The Balaban J connectivity index is 2.42. The van der Waals surface area contributed by atoms with Gasteiger partial charge in [-0.1, -0.05) is 25.5 Å². The van der Waals surface area contributed by atoms with Gasteiger partial charge in [0.25, 0.3) is 0 Å². The van der Waals surface area contributed by atoms with Gasteiger partial charge in [0.15, 0.2) is 0 Å². The van der Waals surface area contributed by atoms with E-state index in [1.54, 1.807) is 7.11 Å². The summed E-state index contributed by atoms with van der Waals surface area (Å²) in [5, 5.41) is 0. The molecule has 0 fully saturated rings. The van der Waals surface area contributed by atoms with E-state index in [0.717, 1.165) is 36.2 Å². The van der Waals surface area contributed by atoms with Gasteiger partial charge in [0.1, 0.15) is 5.82 Å². The van der Waals surface area contributed by atoms with E-state index in [4.69, 9.17) is 10.5 Å². The van der Waals surface area contributed by atoms with Crippen LogP contribution in [0.5, 0.6) is 0 Å². The van der Waals surface area contributed by atoms with Gasteiger partial charge in [-0.25, -0.2) is 4.98 Å². The predicted molar refractivity (Wildman–Crippen MR) is 73.4 cm³/mol. The number of fused-ring (bicyclic) bond motifs is 1. The summed E-state index contributed by atoms with van der Waals surface area (Å²) in [6.07, 6.45) is 2.02. The van der Waals surface area contributed by atoms with Crippen LogP contribution in [0.3, 0.4) is 0 Å². The molecule has 18 heavy (non-hydrogen) atoms. The van der Waals surface area contributed by atoms with Gasteiger partial charge < -0.3 is 15.0 Å². The molecule has 2 N–H and O–H groups in total. The molecule has 4 nitrogen and oxygen atoms in total. The number of benzene rings is 1. The molecule has 2 rings (SSSR count). The zero-order valence-corrected chi connectivity index (χ0v) is 11.1. The SMILES string of the molecule is CCCC(N)c1nc2ccccc2n1CCOC. The zero-order chi connectivity index (χ0) is 13.0. The number of aromatic nitrogens is 2. The molecule has 0 saturated heterocycles. The van der Waals surface area contributed by atoms with E-state index < -0.39 is 0 Å². The zero-order valence-electron chi connectivity index (χ0n) is 11.1. The fourth-order valence-electron chi connectivity index (χ4n) is 2.23. The van der Waals surface area contributed by atoms with Crippen LogP contribution in [0.15, 0.2) is 24.3 Å². The van der Waals surface area contributed by atoms with Crippen molar-refractivity contribution in [1.82, 2.24) is 9.55 Å². The lowest BCUT2D eigenvalue weighted by Crippen LogP contribution is -2.18. The highest BCUT2D eigenvalue weighted by Gasteiger charge is 2.15. The summed E-state index contributed by atoms with van der Waals surface area (Å²) in [7, 11) is 1.71. The molecule has 1 unspecified atom stereocenters. The normalized spacial score (nSPS) is 13.1. The molecule has 0 saturated carbocycles. The molecule has 0 aliphatic carbocycles. The van der Waals surface area contributed by atoms with Crippen molar-refractivity contribution in [2.45, 2.75) is 32.4 Å². The van der Waals surface area contributed by atoms with Crippen molar-refractivity contribution in [3.8, 4) is 0 Å². The van der Waals surface area contributed by atoms with Gasteiger partial charge in [-0.3, -0.25) is 0 Å². The first kappa shape index (κ1) is 13.1. The lowest BCUT2D eigenvalue weighted by Gasteiger charge is -2.13. The Kier molecular flexibility index (Phi) is 4.33. The number of imidazole rings is 1. The van der Waals surface area contributed by atoms with Gasteiger partial charge in [-0.2, -0.15) is 0 Å². The lowest BCUT2D eigenvalue weighted by atomic mass is 10.2. The van der Waals surface area contributed by atoms with Crippen LogP contribution in [0.1, 0.15) is 31.6 Å². The maximum atomic E-state index is 6.22. The maximum absolute atomic E-state index is 6.22. The summed E-state index contributed by atoms with van der Waals surface area (Å²) in [6, 6.07) is 8.15. The summed E-state index contributed by atoms with van der Waals surface area (Å²) >= 11 is 0. The Bertz CT molecular complexity index is 507. The van der Waals surface area contributed by atoms with Crippen LogP contribution in [0.2, 0.25) is 0 Å². The van der Waals surface area contributed by atoms with Crippen molar-refractivity contribution in [3.63, 3.8) is 0 Å². The van der Waals surface area contributed by atoms with Crippen molar-refractivity contribution < 1.29 is 4.74 Å². The average molecular weight is 247 g/mol. The Morgan fingerprint density at radius 1 is 1.39 bits per heavy atom. The number of methoxy groups -OCH3 is 1. The number of rotatable bonds is 6. The van der Waals surface area contributed by atoms with Crippen LogP contribution in [0.4, 0.5) is 0 Å². The smallest absolute Gasteiger partial charge is 0.126 e. The van der Waals surface area contributed by atoms with Gasteiger partial charge >= 0.3 is 0 Å². The monoisotopic (exact) mass is 247 g/mol. The van der Waals surface area contributed by atoms with Crippen LogP contribution in [-0.4, -0.2) is 23.3 Å². The van der Waals surface area contributed by atoms with Gasteiger partial charge in [-0.15, -0.1) is 0 Å². The molecule has 1 heterocycles. The molecule has 0 aliphatic rings. The van der Waals surface area contributed by atoms with Crippen LogP contribution >= 0.6 is 0 Å². The van der Waals surface area contributed by atoms with E-state index in [-0.39, 0.29) is 6.04 Å². The third-order valence-electron chi connectivity index (χ3n) is 3.13. The highest BCUT2D eigenvalue weighted by molar-refractivity contribution is 5.76. The van der Waals surface area contributed by atoms with Gasteiger partial charge in [0, 0.05) is 13.7 Å². The lowest BCUT2D eigenvalue weighted by molar-refractivity contribution is 0.187. The van der Waals surface area contributed by atoms with E-state index >= 15 is 0 Å². The molecule has 0 radical (unpaired) electrons. The number of hydrogen-bond donors (Lipinski definition) is 1. The minimum absolute atomic E-state index is 0.000689. The van der Waals surface area contributed by atoms with E-state index in [9.17, 15) is 0 Å². The van der Waals surface area contributed by atoms with Crippen LogP contribution < -0.4 is 5.73 Å². The summed E-state index contributed by atoms with van der Waals surface area (Å²) in [5.74, 6) is 0.968. The first-order valence-corrected chi connectivity index (χ1v) is 6.47. The fraction of sp³-hybridized carbons (Fsp3) is 0.500. The molecule has 98 valence electrons. The number of ether oxygens (including phenoxy) is 1. The highest BCUT2D eigenvalue weighted by atomic mass is 16.5. The van der Waals surface area contributed by atoms with Crippen molar-refractivity contribution in [1.29, 1.82) is 0 Å². The minimum Gasteiger partial charge on any atom is -0.383 e. The van der Waals surface area contributed by atoms with Crippen molar-refractivity contribution in [2.24, 2.45) is 5.73 Å². The van der Waals surface area contributed by atoms with Crippen LogP contribution in [0.25, 0.3) is 11.0 Å². The highest BCUT2D eigenvalue weighted by Crippen LogP contribution is 2.22. The molecule has 0 bridgehead atoms. The fourth-order valence-corrected chi connectivity index (χ4v) is 2.23. The Labute approximate surface area is 108 Å². The Hall–Kier alpha value is -1.39. The quantitative estimate of drug-likeness (QED) is 0.853. The summed E-state index contributed by atoms with van der Waals surface area (Å²) < 4.78 is 7.35. The molecule has 1 atom stereocenters. The van der Waals surface area contributed by atoms with Gasteiger partial charge in [0.2, 0.25) is 0 Å². The topological polar surface area (TPSA) is 53.1 Å². The molecule has 1 aromatic carbocycles. The van der Waals surface area contributed by atoms with E-state index in [0.29, 0.717) is 6.61 Å². The minimum atomic E-state index is -0.000689. The molecular formula is C14H21N3O. The number of nitrogens with two attached hydrogens (primary N) is 1. The maximum Gasteiger partial charge on any atom is 0.126 e. The first-order chi connectivity index (χ1) is 8.77. The summed E-state index contributed by atoms with van der Waals surface area (Å²) in [4.78, 5) is 4.67. The largest absolute Gasteiger partial charge is 0.383 e. The molecule has 1 aromatic heterocycles. The Morgan fingerprint density at radius 2 is 2.17 bits per heavy atom. The van der Waals surface area contributed by atoms with Crippen molar-refractivity contribution in [3.05, 3.63) is 30.1 Å². The molecule has 4 heteroatoms. The molecule has 0 aliphatic heterocycles. The van der Waals surface area contributed by atoms with E-state index in [1.807, 2.05) is 18.2 Å². The second kappa shape index (κ2) is 5.98. The van der Waals surface area contributed by atoms with E-state index in [2.05, 4.69) is 22.5 Å². The van der Waals surface area contributed by atoms with Crippen LogP contribution in [0, 0.1) is 0 Å². The van der Waals surface area contributed by atoms with Crippen molar-refractivity contribution in [2.75, 3.05) is 13.7 Å².